The van der Waals surface area contributed by atoms with Crippen molar-refractivity contribution in [1.29, 1.82) is 0 Å². The average Bonchev–Trinajstić information content (AvgIpc) is 1.71. The van der Waals surface area contributed by atoms with Crippen LogP contribution in [0.2, 0.25) is 5.15 Å². The number of nitrogens with two attached hydrogens (primary N) is 1. The Balaban J connectivity index is 0.000000120. The number of imidazole rings is 4. The summed E-state index contributed by atoms with van der Waals surface area (Å²) in [5.74, 6) is 3.53. The number of piperidine rings is 3. The molecule has 0 radical (unpaired) electrons. The van der Waals surface area contributed by atoms with Crippen molar-refractivity contribution in [2.24, 2.45) is 17.0 Å². The van der Waals surface area contributed by atoms with Crippen molar-refractivity contribution in [1.82, 2.24) is 103 Å². The third kappa shape index (κ3) is 17.9. The fourth-order valence-corrected chi connectivity index (χ4v) is 15.4. The standard InChI is InChI=1S/C22H19F2N7O.C20H20F2N8.C17H19F2N7O2S.C16H16ClN5/c1-13(32)28-16-4-2-3-14-11-30(8-7-15(14)16)21-9-18(26-12-27-21)19-10-25-20-6-5-17(22(23)24)29-31(19)20;21-20(22)15-1-2-18-23-11-17(30(18)28-15)16-10-19(25-12-24-16)29-7-4-13(5-8-29)9-14-3-6-26-27-14;18-17(19)12-3-4-15-21-7-14(26(15)24-12)13-6-16(23-10-22-13)25-5-1-2-11(8-25)9-29(20,27)28;17-14-4-5-15-19-11-13(22(15)20-14)12-6-7-18-16(10-12)21-8-2-1-3-9-21/h2-6,9-10,12,22H,7-8,11H2,1H3,(H,28,32);1-3,6,10-13,20H,4-5,7-9H2,(H,26,27);3-4,6-7,10-11,17H,1-2,5,8-9H2,(H2,20,27,28);4-7,10-11H,1-3,8-9H2. The molecular weight excluding hydrogens is 1510 g/mol. The molecule has 0 saturated carbocycles. The molecule has 38 heteroatoms. The second-order valence-electron chi connectivity index (χ2n) is 27.5. The molecule has 1 amide bonds. The van der Waals surface area contributed by atoms with Gasteiger partial charge in [-0.2, -0.15) is 25.5 Å². The highest BCUT2D eigenvalue weighted by Crippen LogP contribution is 2.34. The minimum absolute atomic E-state index is 0.0744. The Morgan fingerprint density at radius 2 is 1.03 bits per heavy atom. The van der Waals surface area contributed by atoms with E-state index in [9.17, 15) is 39.6 Å². The van der Waals surface area contributed by atoms with Gasteiger partial charge in [0.25, 0.3) is 19.3 Å². The Bertz CT molecular complexity index is 5800. The number of carbonyl (C=O) groups is 1. The van der Waals surface area contributed by atoms with Crippen molar-refractivity contribution >= 4 is 79.1 Å². The van der Waals surface area contributed by atoms with Gasteiger partial charge in [-0.05, 0) is 154 Å². The number of hydrogen-bond donors (Lipinski definition) is 3. The molecular formula is C75H74ClF6N27O3S. The Hall–Kier alpha value is -12.2. The van der Waals surface area contributed by atoms with E-state index in [2.05, 4.69) is 111 Å². The molecule has 4 N–H and O–H groups in total. The molecule has 0 aliphatic carbocycles. The quantitative estimate of drug-likeness (QED) is 0.0756. The maximum atomic E-state index is 13.1. The Labute approximate surface area is 646 Å². The predicted molar refractivity (Wildman–Crippen MR) is 410 cm³/mol. The first kappa shape index (κ1) is 76.1. The van der Waals surface area contributed by atoms with Crippen LogP contribution in [-0.2, 0) is 34.2 Å². The summed E-state index contributed by atoms with van der Waals surface area (Å²) < 4.78 is 107. The molecule has 3 saturated heterocycles. The lowest BCUT2D eigenvalue weighted by Crippen LogP contribution is -2.39. The van der Waals surface area contributed by atoms with Crippen molar-refractivity contribution < 1.29 is 39.6 Å². The van der Waals surface area contributed by atoms with E-state index < -0.39 is 29.3 Å². The molecule has 13 aromatic heterocycles. The highest BCUT2D eigenvalue weighted by Gasteiger charge is 2.28. The number of H-pyrrole nitrogens is 1. The van der Waals surface area contributed by atoms with Gasteiger partial charge in [-0.15, -0.1) is 0 Å². The zero-order valence-corrected chi connectivity index (χ0v) is 62.3. The second kappa shape index (κ2) is 33.8. The van der Waals surface area contributed by atoms with Gasteiger partial charge in [0.1, 0.15) is 81.6 Å². The lowest BCUT2D eigenvalue weighted by atomic mass is 9.92. The summed E-state index contributed by atoms with van der Waals surface area (Å²) in [6, 6.07) is 29.3. The van der Waals surface area contributed by atoms with Gasteiger partial charge in [0.05, 0.1) is 53.3 Å². The van der Waals surface area contributed by atoms with Gasteiger partial charge >= 0.3 is 0 Å². The van der Waals surface area contributed by atoms with Crippen molar-refractivity contribution in [2.75, 3.05) is 76.5 Å². The number of aromatic nitrogens is 21. The zero-order valence-electron chi connectivity index (χ0n) is 60.7. The topological polar surface area (TPSA) is 342 Å². The van der Waals surface area contributed by atoms with Gasteiger partial charge in [-0.3, -0.25) is 9.89 Å². The maximum absolute atomic E-state index is 13.1. The molecule has 30 nitrogen and oxygen atoms in total. The SMILES string of the molecule is CC(=O)Nc1cccc2c1CCN(c1cc(-c3cnc4ccc(C(F)F)nn34)ncn1)C2.Clc1ccc2ncc(-c3ccnc(N4CCCCC4)c3)n2n1.FC(F)c1ccc2ncc(-c3cc(N4CCC(Cc5ccn[nH]5)CC4)ncn3)n2n1.NS(=O)(=O)CC1CCCN(c2cc(-c3cnc4ccc(C(F)F)nn34)ncn2)C1. The first-order valence-electron chi connectivity index (χ1n) is 36.5. The van der Waals surface area contributed by atoms with E-state index in [0.717, 1.165) is 117 Å². The summed E-state index contributed by atoms with van der Waals surface area (Å²) in [5, 5.41) is 31.9. The Morgan fingerprint density at radius 3 is 1.56 bits per heavy atom. The molecule has 0 bridgehead atoms. The lowest BCUT2D eigenvalue weighted by molar-refractivity contribution is -0.114. The second-order valence-corrected chi connectivity index (χ2v) is 29.6. The number of rotatable bonds is 16. The predicted octanol–water partition coefficient (Wildman–Crippen LogP) is 12.0. The number of fused-ring (bicyclic) bond motifs is 5. The summed E-state index contributed by atoms with van der Waals surface area (Å²) in [6.45, 7) is 8.01. The maximum Gasteiger partial charge on any atom is 0.282 e. The Morgan fingerprint density at radius 1 is 0.522 bits per heavy atom. The molecule has 14 aromatic rings. The molecule has 1 atom stereocenters. The summed E-state index contributed by atoms with van der Waals surface area (Å²) in [4.78, 5) is 67.8. The van der Waals surface area contributed by atoms with E-state index in [4.69, 9.17) is 16.7 Å². The van der Waals surface area contributed by atoms with Gasteiger partial charge in [0.15, 0.2) is 22.6 Å². The summed E-state index contributed by atoms with van der Waals surface area (Å²) in [5.41, 5.74) is 10.6. The van der Waals surface area contributed by atoms with Gasteiger partial charge in [-0.25, -0.2) is 113 Å². The summed E-state index contributed by atoms with van der Waals surface area (Å²) in [6.07, 6.45) is 15.7. The monoisotopic (exact) mass is 1580 g/mol. The first-order valence-corrected chi connectivity index (χ1v) is 38.6. The van der Waals surface area contributed by atoms with E-state index in [0.29, 0.717) is 93.4 Å². The van der Waals surface area contributed by atoms with Crippen LogP contribution in [0, 0.1) is 11.8 Å². The number of anilines is 5. The number of nitrogens with zero attached hydrogens (tertiary/aromatic N) is 24. The molecule has 0 spiro atoms. The summed E-state index contributed by atoms with van der Waals surface area (Å²) in [7, 11) is -3.55. The first-order chi connectivity index (χ1) is 54.8. The smallest absolute Gasteiger partial charge is 0.282 e. The van der Waals surface area contributed by atoms with Gasteiger partial charge in [-0.1, -0.05) is 23.7 Å². The third-order valence-electron chi connectivity index (χ3n) is 19.8. The van der Waals surface area contributed by atoms with Crippen molar-refractivity contribution in [3.63, 3.8) is 0 Å². The lowest BCUT2D eigenvalue weighted by Gasteiger charge is -2.33. The molecule has 3 fully saturated rings. The number of nitrogens with one attached hydrogen (secondary N) is 2. The van der Waals surface area contributed by atoms with Crippen LogP contribution in [0.5, 0.6) is 0 Å². The van der Waals surface area contributed by atoms with Crippen molar-refractivity contribution in [3.8, 4) is 45.4 Å². The molecule has 17 heterocycles. The highest BCUT2D eigenvalue weighted by molar-refractivity contribution is 7.89. The van der Waals surface area contributed by atoms with Crippen LogP contribution in [0.1, 0.15) is 105 Å². The molecule has 582 valence electrons. The van der Waals surface area contributed by atoms with Crippen LogP contribution >= 0.6 is 11.6 Å². The number of primary sulfonamides is 1. The van der Waals surface area contributed by atoms with Crippen molar-refractivity contribution in [3.05, 3.63) is 198 Å². The number of hydrogen-bond acceptors (Lipinski definition) is 23. The third-order valence-corrected chi connectivity index (χ3v) is 21.0. The number of sulfonamides is 1. The van der Waals surface area contributed by atoms with E-state index in [1.807, 2.05) is 65.8 Å². The number of amides is 1. The van der Waals surface area contributed by atoms with E-state index in [1.165, 1.54) is 107 Å². The molecule has 1 aromatic carbocycles. The number of benzene rings is 1. The minimum atomic E-state index is -3.55. The number of carbonyl (C=O) groups excluding carboxylic acids is 1. The summed E-state index contributed by atoms with van der Waals surface area (Å²) >= 11 is 6.01. The van der Waals surface area contributed by atoms with Crippen molar-refractivity contribution in [2.45, 2.75) is 90.5 Å². The number of halogens is 7. The zero-order chi connectivity index (χ0) is 78.3. The highest BCUT2D eigenvalue weighted by atomic mass is 35.5. The fourth-order valence-electron chi connectivity index (χ4n) is 14.4. The van der Waals surface area contributed by atoms with Crippen LogP contribution < -0.4 is 30.1 Å². The van der Waals surface area contributed by atoms with E-state index >= 15 is 0 Å². The Kier molecular flexibility index (Phi) is 22.7. The van der Waals surface area contributed by atoms with Crippen LogP contribution in [0.4, 0.5) is 55.3 Å². The van der Waals surface area contributed by atoms with Crippen LogP contribution in [0.15, 0.2) is 159 Å². The molecule has 4 aliphatic rings. The van der Waals surface area contributed by atoms with Gasteiger partial charge in [0, 0.05) is 107 Å². The van der Waals surface area contributed by atoms with Crippen LogP contribution in [-0.4, -0.2) is 169 Å². The molecule has 18 rings (SSSR count). The number of aromatic amines is 1. The van der Waals surface area contributed by atoms with Crippen LogP contribution in [0.25, 0.3) is 68.0 Å². The normalized spacial score (nSPS) is 15.5. The molecule has 1 unspecified atom stereocenters. The van der Waals surface area contributed by atoms with Gasteiger partial charge in [0.2, 0.25) is 15.9 Å². The largest absolute Gasteiger partial charge is 0.357 e. The number of alkyl halides is 6. The fraction of sp³-hybridized carbons (Fsp3) is 0.320. The minimum Gasteiger partial charge on any atom is -0.357 e. The average molecular weight is 1580 g/mol. The molecule has 4 aliphatic heterocycles. The van der Waals surface area contributed by atoms with Gasteiger partial charge < -0.3 is 24.9 Å². The number of pyridine rings is 1. The van der Waals surface area contributed by atoms with Crippen LogP contribution in [0.3, 0.4) is 0 Å². The van der Waals surface area contributed by atoms with E-state index in [-0.39, 0.29) is 34.7 Å². The van der Waals surface area contributed by atoms with E-state index in [1.54, 1.807) is 35.2 Å². The molecule has 113 heavy (non-hydrogen) atoms.